The van der Waals surface area contributed by atoms with Gasteiger partial charge in [0.15, 0.2) is 6.10 Å². The van der Waals surface area contributed by atoms with Crippen molar-refractivity contribution in [2.75, 3.05) is 13.4 Å². The monoisotopic (exact) mass is 559 g/mol. The van der Waals surface area contributed by atoms with Crippen molar-refractivity contribution in [1.82, 2.24) is 5.32 Å². The van der Waals surface area contributed by atoms with Crippen LogP contribution in [0.2, 0.25) is 10.0 Å². The molecule has 0 radical (unpaired) electrons. The van der Waals surface area contributed by atoms with Gasteiger partial charge in [0.2, 0.25) is 0 Å². The molecule has 0 aromatic heterocycles. The lowest BCUT2D eigenvalue weighted by atomic mass is 10.0. The maximum Gasteiger partial charge on any atom is 0.326 e. The molecule has 1 aliphatic heterocycles. The Morgan fingerprint density at radius 1 is 0.921 bits per heavy atom. The Kier molecular flexibility index (Phi) is 9.98. The Labute approximate surface area is 230 Å². The van der Waals surface area contributed by atoms with Crippen molar-refractivity contribution in [3.63, 3.8) is 0 Å². The highest BCUT2D eigenvalue weighted by molar-refractivity contribution is 6.35. The SMILES string of the molecule is O=C(O)[C@H](Cc1ccc(OCc2c(Cl)cccc2Cl)cc1)NC(=O)[C@@H]1OCO[C@@H]1COCc1ccccc1. The number of ether oxygens (including phenoxy) is 4. The molecular weight excluding hydrogens is 533 g/mol. The van der Waals surface area contributed by atoms with E-state index in [1.165, 1.54) is 0 Å². The minimum atomic E-state index is -1.16. The van der Waals surface area contributed by atoms with Crippen molar-refractivity contribution < 1.29 is 33.6 Å². The largest absolute Gasteiger partial charge is 0.489 e. The van der Waals surface area contributed by atoms with E-state index in [-0.39, 0.29) is 26.4 Å². The maximum atomic E-state index is 12.8. The number of hydrogen-bond donors (Lipinski definition) is 2. The number of carbonyl (C=O) groups excluding carboxylic acids is 1. The number of nitrogens with one attached hydrogen (secondary N) is 1. The first kappa shape index (κ1) is 27.9. The number of carbonyl (C=O) groups is 2. The summed E-state index contributed by atoms with van der Waals surface area (Å²) in [5.74, 6) is -1.17. The van der Waals surface area contributed by atoms with E-state index in [4.69, 9.17) is 42.1 Å². The lowest BCUT2D eigenvalue weighted by molar-refractivity contribution is -0.144. The van der Waals surface area contributed by atoms with Crippen LogP contribution in [0.3, 0.4) is 0 Å². The maximum absolute atomic E-state index is 12.8. The molecule has 3 aromatic carbocycles. The number of amides is 1. The van der Waals surface area contributed by atoms with Gasteiger partial charge in [0.1, 0.15) is 31.3 Å². The molecular formula is C28H27Cl2NO7. The zero-order chi connectivity index (χ0) is 26.9. The third kappa shape index (κ3) is 7.69. The van der Waals surface area contributed by atoms with Crippen LogP contribution in [0.4, 0.5) is 0 Å². The van der Waals surface area contributed by atoms with Crippen LogP contribution in [0.25, 0.3) is 0 Å². The molecule has 10 heteroatoms. The van der Waals surface area contributed by atoms with E-state index in [9.17, 15) is 14.7 Å². The molecule has 4 rings (SSSR count). The first-order valence-electron chi connectivity index (χ1n) is 11.9. The number of hydrogen-bond acceptors (Lipinski definition) is 6. The minimum Gasteiger partial charge on any atom is -0.489 e. The number of aliphatic carboxylic acids is 1. The Balaban J connectivity index is 1.29. The quantitative estimate of drug-likeness (QED) is 0.333. The van der Waals surface area contributed by atoms with Crippen molar-refractivity contribution in [1.29, 1.82) is 0 Å². The third-order valence-electron chi connectivity index (χ3n) is 5.94. The van der Waals surface area contributed by atoms with E-state index >= 15 is 0 Å². The van der Waals surface area contributed by atoms with Crippen LogP contribution in [0.5, 0.6) is 5.75 Å². The molecule has 0 unspecified atom stereocenters. The number of carboxylic acid groups (broad SMARTS) is 1. The number of halogens is 2. The zero-order valence-corrected chi connectivity index (χ0v) is 21.9. The molecule has 1 fully saturated rings. The Morgan fingerprint density at radius 2 is 1.63 bits per heavy atom. The molecule has 0 aliphatic carbocycles. The molecule has 3 atom stereocenters. The van der Waals surface area contributed by atoms with E-state index < -0.39 is 30.1 Å². The summed E-state index contributed by atoms with van der Waals surface area (Å²) in [6.45, 7) is 0.602. The van der Waals surface area contributed by atoms with Gasteiger partial charge in [-0.2, -0.15) is 0 Å². The number of carboxylic acids is 1. The van der Waals surface area contributed by atoms with Crippen LogP contribution in [0.15, 0.2) is 72.8 Å². The average Bonchev–Trinajstić information content (AvgIpc) is 3.38. The van der Waals surface area contributed by atoms with Gasteiger partial charge in [0.05, 0.1) is 13.2 Å². The topological polar surface area (TPSA) is 103 Å². The van der Waals surface area contributed by atoms with Crippen LogP contribution in [-0.4, -0.2) is 48.6 Å². The zero-order valence-electron chi connectivity index (χ0n) is 20.3. The summed E-state index contributed by atoms with van der Waals surface area (Å²) >= 11 is 12.4. The van der Waals surface area contributed by atoms with E-state index in [1.807, 2.05) is 30.3 Å². The predicted octanol–water partition coefficient (Wildman–Crippen LogP) is 4.64. The number of benzene rings is 3. The van der Waals surface area contributed by atoms with Gasteiger partial charge in [-0.1, -0.05) is 71.7 Å². The second-order valence-corrected chi connectivity index (χ2v) is 9.46. The average molecular weight is 560 g/mol. The van der Waals surface area contributed by atoms with Gasteiger partial charge in [-0.15, -0.1) is 0 Å². The van der Waals surface area contributed by atoms with E-state index in [1.54, 1.807) is 42.5 Å². The molecule has 1 heterocycles. The summed E-state index contributed by atoms with van der Waals surface area (Å²) in [7, 11) is 0. The van der Waals surface area contributed by atoms with E-state index in [0.717, 1.165) is 5.56 Å². The first-order valence-corrected chi connectivity index (χ1v) is 12.7. The highest BCUT2D eigenvalue weighted by atomic mass is 35.5. The molecule has 2 N–H and O–H groups in total. The van der Waals surface area contributed by atoms with Gasteiger partial charge in [-0.05, 0) is 35.4 Å². The van der Waals surface area contributed by atoms with Crippen LogP contribution in [-0.2, 0) is 43.4 Å². The van der Waals surface area contributed by atoms with E-state index in [2.05, 4.69) is 5.32 Å². The second-order valence-electron chi connectivity index (χ2n) is 8.65. The lowest BCUT2D eigenvalue weighted by Crippen LogP contribution is -2.49. The summed E-state index contributed by atoms with van der Waals surface area (Å²) in [5.41, 5.74) is 2.37. The van der Waals surface area contributed by atoms with Crippen LogP contribution < -0.4 is 10.1 Å². The van der Waals surface area contributed by atoms with Crippen LogP contribution in [0, 0.1) is 0 Å². The summed E-state index contributed by atoms with van der Waals surface area (Å²) in [5, 5.41) is 13.3. The molecule has 1 aliphatic rings. The highest BCUT2D eigenvalue weighted by Crippen LogP contribution is 2.26. The fraction of sp³-hybridized carbons (Fsp3) is 0.286. The predicted molar refractivity (Wildman–Crippen MR) is 141 cm³/mol. The lowest BCUT2D eigenvalue weighted by Gasteiger charge is -2.20. The summed E-state index contributed by atoms with van der Waals surface area (Å²) in [4.78, 5) is 24.7. The molecule has 0 bridgehead atoms. The van der Waals surface area contributed by atoms with Crippen molar-refractivity contribution in [3.8, 4) is 5.75 Å². The molecule has 0 saturated carbocycles. The van der Waals surface area contributed by atoms with Crippen molar-refractivity contribution in [2.45, 2.75) is 37.9 Å². The van der Waals surface area contributed by atoms with Gasteiger partial charge < -0.3 is 29.4 Å². The van der Waals surface area contributed by atoms with Gasteiger partial charge >= 0.3 is 5.97 Å². The smallest absolute Gasteiger partial charge is 0.326 e. The van der Waals surface area contributed by atoms with Gasteiger partial charge in [-0.25, -0.2) is 4.79 Å². The summed E-state index contributed by atoms with van der Waals surface area (Å²) in [6.07, 6.45) is -1.54. The van der Waals surface area contributed by atoms with Gasteiger partial charge in [0.25, 0.3) is 5.91 Å². The normalized spacial score (nSPS) is 17.6. The van der Waals surface area contributed by atoms with Crippen molar-refractivity contribution >= 4 is 35.1 Å². The number of rotatable bonds is 12. The van der Waals surface area contributed by atoms with E-state index in [0.29, 0.717) is 33.5 Å². The molecule has 200 valence electrons. The minimum absolute atomic E-state index is 0.0699. The van der Waals surface area contributed by atoms with Gasteiger partial charge in [-0.3, -0.25) is 4.79 Å². The molecule has 3 aromatic rings. The third-order valence-corrected chi connectivity index (χ3v) is 6.65. The second kappa shape index (κ2) is 13.6. The Hall–Kier alpha value is -3.14. The molecule has 0 spiro atoms. The molecule has 1 saturated heterocycles. The fourth-order valence-corrected chi connectivity index (χ4v) is 4.39. The van der Waals surface area contributed by atoms with Crippen LogP contribution >= 0.6 is 23.2 Å². The van der Waals surface area contributed by atoms with Crippen molar-refractivity contribution in [2.24, 2.45) is 0 Å². The first-order chi connectivity index (χ1) is 18.4. The summed E-state index contributed by atoms with van der Waals surface area (Å²) < 4.78 is 22.3. The van der Waals surface area contributed by atoms with Gasteiger partial charge in [0, 0.05) is 22.0 Å². The standard InChI is InChI=1S/C28H27Cl2NO7/c29-22-7-4-8-23(30)21(22)15-36-20-11-9-18(10-12-20)13-24(28(33)34)31-27(32)26-25(37-17-38-26)16-35-14-19-5-2-1-3-6-19/h1-12,24-26H,13-17H2,(H,31,32)(H,33,34)/t24-,25+,26+/m0/s1. The Morgan fingerprint density at radius 3 is 2.32 bits per heavy atom. The summed E-state index contributed by atoms with van der Waals surface area (Å²) in [6, 6.07) is 20.6. The Bertz CT molecular complexity index is 1200. The molecule has 38 heavy (non-hydrogen) atoms. The molecule has 8 nitrogen and oxygen atoms in total. The van der Waals surface area contributed by atoms with Crippen LogP contribution in [0.1, 0.15) is 16.7 Å². The molecule has 1 amide bonds. The highest BCUT2D eigenvalue weighted by Gasteiger charge is 2.37. The fourth-order valence-electron chi connectivity index (χ4n) is 3.88. The van der Waals surface area contributed by atoms with Crippen molar-refractivity contribution in [3.05, 3.63) is 99.5 Å².